The normalized spacial score (nSPS) is 31.5. The van der Waals surface area contributed by atoms with E-state index in [9.17, 15) is 0 Å². The highest BCUT2D eigenvalue weighted by molar-refractivity contribution is 4.84. The fraction of sp³-hybridized carbons (Fsp3) is 1.00. The van der Waals surface area contributed by atoms with Gasteiger partial charge in [0.15, 0.2) is 0 Å². The number of rotatable bonds is 3. The second kappa shape index (κ2) is 5.99. The van der Waals surface area contributed by atoms with Crippen LogP contribution in [0.4, 0.5) is 0 Å². The maximum absolute atomic E-state index is 6.37. The first-order valence-corrected chi connectivity index (χ1v) is 6.93. The Balaban J connectivity index is 1.74. The zero-order valence-electron chi connectivity index (χ0n) is 10.6. The molecule has 0 spiro atoms. The molecule has 0 bridgehead atoms. The Labute approximate surface area is 99.8 Å². The second-order valence-corrected chi connectivity index (χ2v) is 5.71. The zero-order chi connectivity index (χ0) is 11.4. The molecule has 16 heavy (non-hydrogen) atoms. The van der Waals surface area contributed by atoms with Crippen molar-refractivity contribution in [3.63, 3.8) is 0 Å². The highest BCUT2D eigenvalue weighted by Crippen LogP contribution is 2.27. The van der Waals surface area contributed by atoms with Gasteiger partial charge in [-0.3, -0.25) is 0 Å². The largest absolute Gasteiger partial charge is 0.327 e. The molecular formula is C13H27N3. The molecule has 3 N–H and O–H groups in total. The van der Waals surface area contributed by atoms with Crippen molar-refractivity contribution >= 4 is 0 Å². The summed E-state index contributed by atoms with van der Waals surface area (Å²) >= 11 is 0. The molecule has 1 saturated heterocycles. The Morgan fingerprint density at radius 2 is 2.06 bits per heavy atom. The van der Waals surface area contributed by atoms with E-state index in [0.29, 0.717) is 12.1 Å². The minimum atomic E-state index is 0.421. The van der Waals surface area contributed by atoms with Crippen LogP contribution in [-0.4, -0.2) is 43.7 Å². The van der Waals surface area contributed by atoms with Gasteiger partial charge in [0.2, 0.25) is 0 Å². The van der Waals surface area contributed by atoms with Crippen molar-refractivity contribution in [3.05, 3.63) is 0 Å². The molecule has 1 saturated carbocycles. The van der Waals surface area contributed by atoms with Gasteiger partial charge < -0.3 is 16.0 Å². The Hall–Kier alpha value is -0.120. The average Bonchev–Trinajstić information content (AvgIpc) is 2.30. The van der Waals surface area contributed by atoms with Gasteiger partial charge in [0, 0.05) is 31.7 Å². The lowest BCUT2D eigenvalue weighted by Crippen LogP contribution is -2.51. The monoisotopic (exact) mass is 225 g/mol. The van der Waals surface area contributed by atoms with Crippen LogP contribution in [0.3, 0.4) is 0 Å². The highest BCUT2D eigenvalue weighted by atomic mass is 15.2. The lowest BCUT2D eigenvalue weighted by Gasteiger charge is -2.35. The van der Waals surface area contributed by atoms with Crippen molar-refractivity contribution in [2.24, 2.45) is 11.7 Å². The van der Waals surface area contributed by atoms with Crippen molar-refractivity contribution in [3.8, 4) is 0 Å². The molecule has 1 aliphatic carbocycles. The summed E-state index contributed by atoms with van der Waals surface area (Å²) in [5.74, 6) is 0.794. The van der Waals surface area contributed by atoms with Crippen LogP contribution in [0, 0.1) is 5.92 Å². The lowest BCUT2D eigenvalue weighted by atomic mass is 9.82. The molecule has 0 aromatic carbocycles. The zero-order valence-corrected chi connectivity index (χ0v) is 10.6. The molecule has 94 valence electrons. The van der Waals surface area contributed by atoms with E-state index >= 15 is 0 Å². The average molecular weight is 225 g/mol. The standard InChI is InChI=1S/C13H27N3/c1-16-8-7-15-12(10-16)9-13(14)11-5-3-2-4-6-11/h11-13,15H,2-10,14H2,1H3. The van der Waals surface area contributed by atoms with E-state index in [1.165, 1.54) is 45.2 Å². The molecule has 2 rings (SSSR count). The Morgan fingerprint density at radius 1 is 1.31 bits per heavy atom. The predicted molar refractivity (Wildman–Crippen MR) is 68.5 cm³/mol. The number of nitrogens with zero attached hydrogens (tertiary/aromatic N) is 1. The van der Waals surface area contributed by atoms with Crippen molar-refractivity contribution in [1.82, 2.24) is 10.2 Å². The first-order valence-electron chi connectivity index (χ1n) is 6.93. The van der Waals surface area contributed by atoms with Gasteiger partial charge in [-0.05, 0) is 32.2 Å². The molecule has 2 aliphatic rings. The minimum absolute atomic E-state index is 0.421. The summed E-state index contributed by atoms with van der Waals surface area (Å²) in [5, 5.41) is 3.60. The molecule has 2 atom stereocenters. The van der Waals surface area contributed by atoms with Crippen LogP contribution >= 0.6 is 0 Å². The Bertz CT molecular complexity index is 201. The van der Waals surface area contributed by atoms with Gasteiger partial charge in [-0.25, -0.2) is 0 Å². The fourth-order valence-corrected chi connectivity index (χ4v) is 3.23. The van der Waals surface area contributed by atoms with Crippen LogP contribution in [0.25, 0.3) is 0 Å². The lowest BCUT2D eigenvalue weighted by molar-refractivity contribution is 0.204. The van der Waals surface area contributed by atoms with Gasteiger partial charge in [-0.1, -0.05) is 19.3 Å². The van der Waals surface area contributed by atoms with Crippen LogP contribution < -0.4 is 11.1 Å². The van der Waals surface area contributed by atoms with Crippen molar-refractivity contribution in [1.29, 1.82) is 0 Å². The summed E-state index contributed by atoms with van der Waals surface area (Å²) in [6.07, 6.45) is 8.11. The summed E-state index contributed by atoms with van der Waals surface area (Å²) < 4.78 is 0. The number of nitrogens with two attached hydrogens (primary N) is 1. The fourth-order valence-electron chi connectivity index (χ4n) is 3.23. The van der Waals surface area contributed by atoms with Crippen LogP contribution in [-0.2, 0) is 0 Å². The van der Waals surface area contributed by atoms with E-state index in [1.807, 2.05) is 0 Å². The van der Waals surface area contributed by atoms with Crippen LogP contribution in [0.15, 0.2) is 0 Å². The minimum Gasteiger partial charge on any atom is -0.327 e. The van der Waals surface area contributed by atoms with E-state index < -0.39 is 0 Å². The van der Waals surface area contributed by atoms with Crippen molar-refractivity contribution in [2.75, 3.05) is 26.7 Å². The smallest absolute Gasteiger partial charge is 0.0210 e. The molecule has 0 aromatic heterocycles. The SMILES string of the molecule is CN1CCNC(CC(N)C2CCCCC2)C1. The van der Waals surface area contributed by atoms with E-state index in [-0.39, 0.29) is 0 Å². The topological polar surface area (TPSA) is 41.3 Å². The molecule has 1 heterocycles. The number of hydrogen-bond donors (Lipinski definition) is 2. The Kier molecular flexibility index (Phi) is 4.62. The van der Waals surface area contributed by atoms with Gasteiger partial charge >= 0.3 is 0 Å². The molecule has 0 aromatic rings. The van der Waals surface area contributed by atoms with Gasteiger partial charge in [0.25, 0.3) is 0 Å². The van der Waals surface area contributed by atoms with E-state index in [4.69, 9.17) is 5.73 Å². The summed E-state index contributed by atoms with van der Waals surface area (Å²) in [7, 11) is 2.21. The van der Waals surface area contributed by atoms with Gasteiger partial charge in [0.05, 0.1) is 0 Å². The van der Waals surface area contributed by atoms with Crippen LogP contribution in [0.1, 0.15) is 38.5 Å². The van der Waals surface area contributed by atoms with Crippen molar-refractivity contribution in [2.45, 2.75) is 50.6 Å². The highest BCUT2D eigenvalue weighted by Gasteiger charge is 2.25. The van der Waals surface area contributed by atoms with Crippen LogP contribution in [0.5, 0.6) is 0 Å². The third kappa shape index (κ3) is 3.44. The maximum atomic E-state index is 6.37. The third-order valence-electron chi connectivity index (χ3n) is 4.27. The molecule has 3 nitrogen and oxygen atoms in total. The quantitative estimate of drug-likeness (QED) is 0.758. The van der Waals surface area contributed by atoms with Crippen LogP contribution in [0.2, 0.25) is 0 Å². The van der Waals surface area contributed by atoms with Gasteiger partial charge in [-0.2, -0.15) is 0 Å². The molecule has 3 heteroatoms. The Morgan fingerprint density at radius 3 is 2.75 bits per heavy atom. The maximum Gasteiger partial charge on any atom is 0.0210 e. The third-order valence-corrected chi connectivity index (χ3v) is 4.27. The molecular weight excluding hydrogens is 198 g/mol. The molecule has 2 fully saturated rings. The first-order chi connectivity index (χ1) is 7.75. The van der Waals surface area contributed by atoms with E-state index in [1.54, 1.807) is 0 Å². The summed E-state index contributed by atoms with van der Waals surface area (Å²) in [5.41, 5.74) is 6.37. The summed E-state index contributed by atoms with van der Waals surface area (Å²) in [4.78, 5) is 2.41. The van der Waals surface area contributed by atoms with Crippen molar-refractivity contribution < 1.29 is 0 Å². The molecule has 0 radical (unpaired) electrons. The molecule has 0 amide bonds. The number of piperazine rings is 1. The second-order valence-electron chi connectivity index (χ2n) is 5.71. The van der Waals surface area contributed by atoms with Gasteiger partial charge in [-0.15, -0.1) is 0 Å². The summed E-state index contributed by atoms with van der Waals surface area (Å²) in [6, 6.07) is 1.04. The first kappa shape index (κ1) is 12.3. The number of hydrogen-bond acceptors (Lipinski definition) is 3. The van der Waals surface area contributed by atoms with E-state index in [2.05, 4.69) is 17.3 Å². The predicted octanol–water partition coefficient (Wildman–Crippen LogP) is 1.19. The number of nitrogens with one attached hydrogen (secondary N) is 1. The summed E-state index contributed by atoms with van der Waals surface area (Å²) in [6.45, 7) is 3.47. The number of likely N-dealkylation sites (N-methyl/N-ethyl adjacent to an activating group) is 1. The molecule has 1 aliphatic heterocycles. The van der Waals surface area contributed by atoms with E-state index in [0.717, 1.165) is 18.9 Å². The molecule has 2 unspecified atom stereocenters. The van der Waals surface area contributed by atoms with Gasteiger partial charge in [0.1, 0.15) is 0 Å².